The first kappa shape index (κ1) is 34.3. The summed E-state index contributed by atoms with van der Waals surface area (Å²) >= 11 is 0. The van der Waals surface area contributed by atoms with E-state index in [1.807, 2.05) is 6.92 Å². The molecule has 0 spiro atoms. The van der Waals surface area contributed by atoms with Crippen molar-refractivity contribution < 1.29 is 19.4 Å². The number of nitro benzene ring substituents is 2. The number of benzene rings is 1. The number of hydrogen-bond acceptors (Lipinski definition) is 8. The zero-order chi connectivity index (χ0) is 34.1. The molecule has 4 aliphatic carbocycles. The van der Waals surface area contributed by atoms with E-state index in [2.05, 4.69) is 53.9 Å². The zero-order valence-electron chi connectivity index (χ0n) is 29.3. The summed E-state index contributed by atoms with van der Waals surface area (Å²) in [5, 5.41) is 27.7. The highest BCUT2D eigenvalue weighted by Crippen LogP contribution is 2.77. The number of nitrogens with zero attached hydrogens (tertiary/aromatic N) is 3. The molecular weight excluding hydrogens is 584 g/mol. The minimum absolute atomic E-state index is 0.0407. The number of carbonyl (C=O) groups excluding carboxylic acids is 1. The summed E-state index contributed by atoms with van der Waals surface area (Å²) in [4.78, 5) is 34.8. The monoisotopic (exact) mass is 638 g/mol. The van der Waals surface area contributed by atoms with Gasteiger partial charge in [0.2, 0.25) is 0 Å². The summed E-state index contributed by atoms with van der Waals surface area (Å²) in [5.74, 6) is 0.840. The highest BCUT2D eigenvalue weighted by molar-refractivity contribution is 5.89. The number of fused-ring (bicyclic) bond motifs is 5. The highest BCUT2D eigenvalue weighted by atomic mass is 16.6. The topological polar surface area (TPSA) is 137 Å². The predicted octanol–water partition coefficient (Wildman–Crippen LogP) is 9.33. The van der Waals surface area contributed by atoms with Crippen LogP contribution in [0.5, 0.6) is 0 Å². The largest absolute Gasteiger partial charge is 0.469 e. The standard InChI is InChI=1S/C36H54N4O6/c1-23(37-38-25-11-10-24(39(42)43)20-26(25)40(44)45)33(5)13-12-27-34(6,28(33)21-30(41)46-9)17-19-36(8)29-22-31(2,3)14-15-32(29,4)16-18-35(27,36)7/h10-11,20,27-29,38H,12-19,21-22H2,1-9H3. The summed E-state index contributed by atoms with van der Waals surface area (Å²) in [6.07, 6.45) is 10.6. The Labute approximate surface area is 273 Å². The van der Waals surface area contributed by atoms with E-state index in [0.29, 0.717) is 22.7 Å². The Morgan fingerprint density at radius 1 is 0.913 bits per heavy atom. The van der Waals surface area contributed by atoms with Crippen LogP contribution in [0, 0.1) is 70.5 Å². The fourth-order valence-electron chi connectivity index (χ4n) is 11.4. The molecule has 254 valence electrons. The Bertz CT molecular complexity index is 1460. The van der Waals surface area contributed by atoms with Crippen LogP contribution in [0.25, 0.3) is 0 Å². The number of anilines is 1. The molecule has 0 amide bonds. The number of carbonyl (C=O) groups is 1. The van der Waals surface area contributed by atoms with Gasteiger partial charge in [0.15, 0.2) is 0 Å². The lowest BCUT2D eigenvalue weighted by molar-refractivity contribution is -0.393. The van der Waals surface area contributed by atoms with Crippen molar-refractivity contribution in [2.75, 3.05) is 12.5 Å². The summed E-state index contributed by atoms with van der Waals surface area (Å²) in [7, 11) is 1.45. The minimum Gasteiger partial charge on any atom is -0.469 e. The van der Waals surface area contributed by atoms with Gasteiger partial charge in [0.05, 0.1) is 23.0 Å². The highest BCUT2D eigenvalue weighted by Gasteiger charge is 2.70. The van der Waals surface area contributed by atoms with E-state index < -0.39 is 20.9 Å². The van der Waals surface area contributed by atoms with Crippen LogP contribution in [-0.4, -0.2) is 28.6 Å². The Balaban J connectivity index is 1.51. The maximum Gasteiger partial charge on any atom is 0.305 e. The second-order valence-electron chi connectivity index (χ2n) is 17.3. The van der Waals surface area contributed by atoms with Crippen molar-refractivity contribution in [3.8, 4) is 0 Å². The fourth-order valence-corrected chi connectivity index (χ4v) is 11.4. The molecule has 1 N–H and O–H groups in total. The second kappa shape index (κ2) is 11.3. The Morgan fingerprint density at radius 3 is 2.17 bits per heavy atom. The number of hydrazone groups is 1. The van der Waals surface area contributed by atoms with Crippen molar-refractivity contribution in [2.24, 2.45) is 55.3 Å². The van der Waals surface area contributed by atoms with Crippen molar-refractivity contribution in [3.63, 3.8) is 0 Å². The summed E-state index contributed by atoms with van der Waals surface area (Å²) in [6.45, 7) is 19.2. The molecule has 0 radical (unpaired) electrons. The van der Waals surface area contributed by atoms with Crippen molar-refractivity contribution >= 4 is 28.7 Å². The third kappa shape index (κ3) is 5.22. The third-order valence-corrected chi connectivity index (χ3v) is 14.7. The lowest BCUT2D eigenvalue weighted by atomic mass is 9.31. The van der Waals surface area contributed by atoms with Crippen LogP contribution in [0.4, 0.5) is 17.1 Å². The van der Waals surface area contributed by atoms with Gasteiger partial charge in [0.1, 0.15) is 5.69 Å². The lowest BCUT2D eigenvalue weighted by Gasteiger charge is -2.74. The molecule has 0 bridgehead atoms. The molecule has 0 heterocycles. The molecule has 0 aliphatic heterocycles. The van der Waals surface area contributed by atoms with E-state index in [1.165, 1.54) is 51.3 Å². The van der Waals surface area contributed by atoms with Gasteiger partial charge in [0.25, 0.3) is 5.69 Å². The molecule has 1 aromatic rings. The van der Waals surface area contributed by atoms with Gasteiger partial charge in [-0.05, 0) is 116 Å². The van der Waals surface area contributed by atoms with Crippen LogP contribution < -0.4 is 5.43 Å². The normalized spacial score (nSPS) is 40.1. The Kier molecular flexibility index (Phi) is 8.42. The molecular formula is C36H54N4O6. The predicted molar refractivity (Wildman–Crippen MR) is 179 cm³/mol. The van der Waals surface area contributed by atoms with Gasteiger partial charge in [-0.15, -0.1) is 0 Å². The second-order valence-corrected chi connectivity index (χ2v) is 17.3. The van der Waals surface area contributed by atoms with E-state index in [-0.39, 0.29) is 45.9 Å². The van der Waals surface area contributed by atoms with Crippen LogP contribution in [0.3, 0.4) is 0 Å². The van der Waals surface area contributed by atoms with Gasteiger partial charge in [-0.1, -0.05) is 48.5 Å². The molecule has 10 nitrogen and oxygen atoms in total. The lowest BCUT2D eigenvalue weighted by Crippen LogP contribution is -2.67. The van der Waals surface area contributed by atoms with E-state index in [1.54, 1.807) is 0 Å². The molecule has 5 rings (SSSR count). The number of nitro groups is 2. The van der Waals surface area contributed by atoms with Crippen molar-refractivity contribution in [1.29, 1.82) is 0 Å². The van der Waals surface area contributed by atoms with Crippen molar-refractivity contribution in [2.45, 2.75) is 120 Å². The quantitative estimate of drug-likeness (QED) is 0.136. The van der Waals surface area contributed by atoms with Crippen molar-refractivity contribution in [1.82, 2.24) is 0 Å². The molecule has 1 aromatic carbocycles. The van der Waals surface area contributed by atoms with Crippen LogP contribution in [0.15, 0.2) is 23.3 Å². The van der Waals surface area contributed by atoms with Crippen LogP contribution in [-0.2, 0) is 9.53 Å². The molecule has 10 heteroatoms. The number of hydrogen-bond donors (Lipinski definition) is 1. The molecule has 0 saturated heterocycles. The number of ether oxygens (including phenoxy) is 1. The molecule has 8 atom stereocenters. The molecule has 4 aliphatic rings. The fraction of sp³-hybridized carbons (Fsp3) is 0.778. The van der Waals surface area contributed by atoms with Crippen LogP contribution >= 0.6 is 0 Å². The zero-order valence-corrected chi connectivity index (χ0v) is 29.3. The SMILES string of the molecule is COC(=O)CC1C(C)(C(C)=NNc2ccc([N+](=O)[O-])cc2[N+](=O)[O-])CCC2C1(C)CCC1(C)C3CC(C)(C)CCC3(C)CCC21C. The van der Waals surface area contributed by atoms with Crippen molar-refractivity contribution in [3.05, 3.63) is 38.4 Å². The van der Waals surface area contributed by atoms with Gasteiger partial charge < -0.3 is 4.74 Å². The summed E-state index contributed by atoms with van der Waals surface area (Å²) < 4.78 is 5.29. The number of methoxy groups -OCH3 is 1. The Morgan fingerprint density at radius 2 is 1.54 bits per heavy atom. The Hall–Kier alpha value is -3.04. The smallest absolute Gasteiger partial charge is 0.305 e. The first-order valence-corrected chi connectivity index (χ1v) is 17.1. The van der Waals surface area contributed by atoms with Crippen LogP contribution in [0.1, 0.15) is 120 Å². The van der Waals surface area contributed by atoms with E-state index in [9.17, 15) is 25.0 Å². The van der Waals surface area contributed by atoms with Gasteiger partial charge in [-0.25, -0.2) is 0 Å². The van der Waals surface area contributed by atoms with Gasteiger partial charge in [-0.2, -0.15) is 5.10 Å². The van der Waals surface area contributed by atoms with Gasteiger partial charge >= 0.3 is 11.7 Å². The average molecular weight is 639 g/mol. The number of rotatable bonds is 7. The van der Waals surface area contributed by atoms with E-state index >= 15 is 0 Å². The summed E-state index contributed by atoms with van der Waals surface area (Å²) in [6, 6.07) is 3.51. The van der Waals surface area contributed by atoms with E-state index in [4.69, 9.17) is 9.84 Å². The maximum atomic E-state index is 13.1. The number of non-ortho nitro benzene ring substituents is 1. The average Bonchev–Trinajstić information content (AvgIpc) is 2.99. The molecule has 46 heavy (non-hydrogen) atoms. The van der Waals surface area contributed by atoms with Gasteiger partial charge in [0, 0.05) is 23.6 Å². The third-order valence-electron chi connectivity index (χ3n) is 14.7. The first-order valence-electron chi connectivity index (χ1n) is 17.1. The minimum atomic E-state index is -0.652. The molecule has 4 fully saturated rings. The first-order chi connectivity index (χ1) is 21.3. The summed E-state index contributed by atoms with van der Waals surface area (Å²) in [5.41, 5.74) is 3.42. The number of esters is 1. The maximum absolute atomic E-state index is 13.1. The van der Waals surface area contributed by atoms with E-state index in [0.717, 1.165) is 37.5 Å². The number of nitrogens with one attached hydrogen (secondary N) is 1. The molecule has 4 saturated carbocycles. The van der Waals surface area contributed by atoms with Gasteiger partial charge in [-0.3, -0.25) is 30.4 Å². The molecule has 0 aromatic heterocycles. The van der Waals surface area contributed by atoms with Crippen LogP contribution in [0.2, 0.25) is 0 Å². The molecule has 8 unspecified atom stereocenters.